The second-order valence-corrected chi connectivity index (χ2v) is 4.69. The maximum Gasteiger partial charge on any atom is 0.125 e. The molecule has 1 aliphatic rings. The molecule has 1 saturated heterocycles. The van der Waals surface area contributed by atoms with Crippen molar-refractivity contribution < 1.29 is 0 Å². The maximum atomic E-state index is 4.55. The molecule has 0 aliphatic carbocycles. The first-order valence-corrected chi connectivity index (χ1v) is 6.35. The molecule has 0 amide bonds. The van der Waals surface area contributed by atoms with Gasteiger partial charge in [0.1, 0.15) is 11.6 Å². The van der Waals surface area contributed by atoms with Crippen LogP contribution in [0.5, 0.6) is 0 Å². The van der Waals surface area contributed by atoms with E-state index in [1.54, 1.807) is 6.20 Å². The fourth-order valence-corrected chi connectivity index (χ4v) is 2.59. The average molecular weight is 243 g/mol. The molecule has 1 N–H and O–H groups in total. The number of imidazole rings is 1. The Labute approximate surface area is 106 Å². The van der Waals surface area contributed by atoms with Crippen LogP contribution in [-0.2, 0) is 6.54 Å². The summed E-state index contributed by atoms with van der Waals surface area (Å²) in [6.07, 6.45) is 7.90. The normalized spacial score (nSPS) is 20.4. The zero-order valence-corrected chi connectivity index (χ0v) is 10.5. The van der Waals surface area contributed by atoms with Gasteiger partial charge in [0.15, 0.2) is 0 Å². The van der Waals surface area contributed by atoms with E-state index in [1.165, 1.54) is 6.42 Å². The molecule has 18 heavy (non-hydrogen) atoms. The molecule has 0 unspecified atom stereocenters. The first kappa shape index (κ1) is 11.3. The van der Waals surface area contributed by atoms with Gasteiger partial charge in [0, 0.05) is 18.6 Å². The van der Waals surface area contributed by atoms with Crippen LogP contribution >= 0.6 is 0 Å². The Balaban J connectivity index is 1.79. The van der Waals surface area contributed by atoms with Crippen molar-refractivity contribution in [2.75, 3.05) is 6.54 Å². The summed E-state index contributed by atoms with van der Waals surface area (Å²) in [5.41, 5.74) is 1.13. The molecule has 2 aromatic heterocycles. The molecule has 1 atom stereocenters. The molecule has 3 rings (SSSR count). The fraction of sp³-hybridized carbons (Fsp3) is 0.462. The highest BCUT2D eigenvalue weighted by molar-refractivity contribution is 5.09. The second-order valence-electron chi connectivity index (χ2n) is 4.69. The molecule has 0 bridgehead atoms. The van der Waals surface area contributed by atoms with Gasteiger partial charge in [0.25, 0.3) is 0 Å². The molecule has 1 fully saturated rings. The largest absolute Gasteiger partial charge is 0.348 e. The van der Waals surface area contributed by atoms with Crippen LogP contribution in [0.15, 0.2) is 24.7 Å². The number of nitrogens with one attached hydrogen (secondary N) is 1. The van der Waals surface area contributed by atoms with E-state index in [-0.39, 0.29) is 0 Å². The summed E-state index contributed by atoms with van der Waals surface area (Å²) in [5.74, 6) is 1.87. The molecule has 0 aromatic carbocycles. The zero-order valence-electron chi connectivity index (χ0n) is 10.5. The molecule has 2 aromatic rings. The lowest BCUT2D eigenvalue weighted by atomic mass is 10.1. The summed E-state index contributed by atoms with van der Waals surface area (Å²) in [7, 11) is 0. The van der Waals surface area contributed by atoms with E-state index < -0.39 is 0 Å². The van der Waals surface area contributed by atoms with Crippen molar-refractivity contribution in [1.82, 2.24) is 24.8 Å². The Morgan fingerprint density at radius 3 is 3.11 bits per heavy atom. The number of aromatic nitrogens is 4. The fourth-order valence-electron chi connectivity index (χ4n) is 2.59. The molecule has 94 valence electrons. The van der Waals surface area contributed by atoms with Crippen LogP contribution in [0.25, 0.3) is 0 Å². The molecule has 0 radical (unpaired) electrons. The Morgan fingerprint density at radius 2 is 2.33 bits per heavy atom. The van der Waals surface area contributed by atoms with Crippen molar-refractivity contribution in [3.05, 3.63) is 42.0 Å². The predicted molar refractivity (Wildman–Crippen MR) is 67.7 cm³/mol. The minimum absolute atomic E-state index is 0.400. The summed E-state index contributed by atoms with van der Waals surface area (Å²) in [4.78, 5) is 18.6. The lowest BCUT2D eigenvalue weighted by Gasteiger charge is -2.22. The van der Waals surface area contributed by atoms with Crippen molar-refractivity contribution in [2.24, 2.45) is 0 Å². The van der Waals surface area contributed by atoms with Gasteiger partial charge in [0.05, 0.1) is 18.3 Å². The summed E-state index contributed by atoms with van der Waals surface area (Å²) < 4.78 is 0. The van der Waals surface area contributed by atoms with Gasteiger partial charge in [-0.3, -0.25) is 4.90 Å². The predicted octanol–water partition coefficient (Wildman–Crippen LogP) is 1.85. The van der Waals surface area contributed by atoms with Crippen LogP contribution < -0.4 is 0 Å². The third-order valence-electron chi connectivity index (χ3n) is 3.41. The lowest BCUT2D eigenvalue weighted by Crippen LogP contribution is -2.24. The molecule has 5 heteroatoms. The van der Waals surface area contributed by atoms with Gasteiger partial charge >= 0.3 is 0 Å². The Kier molecular flexibility index (Phi) is 3.06. The highest BCUT2D eigenvalue weighted by atomic mass is 15.2. The minimum atomic E-state index is 0.400. The van der Waals surface area contributed by atoms with Crippen LogP contribution in [0, 0.1) is 6.92 Å². The van der Waals surface area contributed by atoms with Gasteiger partial charge in [-0.15, -0.1) is 0 Å². The molecule has 0 spiro atoms. The topological polar surface area (TPSA) is 57.7 Å². The van der Waals surface area contributed by atoms with Crippen LogP contribution in [0.3, 0.4) is 0 Å². The number of hydrogen-bond donors (Lipinski definition) is 1. The SMILES string of the molecule is Cc1nccc([C@H]2CCCN2Cc2ncc[nH]2)n1. The van der Waals surface area contributed by atoms with Gasteiger partial charge in [-0.2, -0.15) is 0 Å². The number of rotatable bonds is 3. The van der Waals surface area contributed by atoms with E-state index in [0.29, 0.717) is 6.04 Å². The average Bonchev–Trinajstić information content (AvgIpc) is 3.01. The van der Waals surface area contributed by atoms with Gasteiger partial charge in [-0.1, -0.05) is 0 Å². The summed E-state index contributed by atoms with van der Waals surface area (Å²) in [5, 5.41) is 0. The number of nitrogens with zero attached hydrogens (tertiary/aromatic N) is 4. The first-order valence-electron chi connectivity index (χ1n) is 6.35. The Hall–Kier alpha value is -1.75. The molecular weight excluding hydrogens is 226 g/mol. The quantitative estimate of drug-likeness (QED) is 0.893. The van der Waals surface area contributed by atoms with Crippen LogP contribution in [0.4, 0.5) is 0 Å². The van der Waals surface area contributed by atoms with Crippen molar-refractivity contribution in [2.45, 2.75) is 32.4 Å². The van der Waals surface area contributed by atoms with E-state index in [0.717, 1.165) is 36.9 Å². The summed E-state index contributed by atoms with van der Waals surface area (Å²) in [6.45, 7) is 3.91. The number of aromatic amines is 1. The zero-order chi connectivity index (χ0) is 12.4. The van der Waals surface area contributed by atoms with Crippen LogP contribution in [-0.4, -0.2) is 31.4 Å². The third kappa shape index (κ3) is 2.26. The lowest BCUT2D eigenvalue weighted by molar-refractivity contribution is 0.238. The molecule has 5 nitrogen and oxygen atoms in total. The highest BCUT2D eigenvalue weighted by Crippen LogP contribution is 2.31. The highest BCUT2D eigenvalue weighted by Gasteiger charge is 2.27. The number of likely N-dealkylation sites (tertiary alicyclic amines) is 1. The van der Waals surface area contributed by atoms with Gasteiger partial charge < -0.3 is 4.98 Å². The molecule has 1 aliphatic heterocycles. The summed E-state index contributed by atoms with van der Waals surface area (Å²) in [6, 6.07) is 2.43. The molecule has 3 heterocycles. The molecular formula is C13H17N5. The minimum Gasteiger partial charge on any atom is -0.348 e. The Morgan fingerprint density at radius 1 is 1.39 bits per heavy atom. The van der Waals surface area contributed by atoms with Crippen molar-refractivity contribution in [3.63, 3.8) is 0 Å². The Bertz CT molecular complexity index is 508. The van der Waals surface area contributed by atoms with Crippen molar-refractivity contribution in [1.29, 1.82) is 0 Å². The first-order chi connectivity index (χ1) is 8.83. The maximum absolute atomic E-state index is 4.55. The van der Waals surface area contributed by atoms with E-state index in [1.807, 2.05) is 25.4 Å². The smallest absolute Gasteiger partial charge is 0.125 e. The number of aryl methyl sites for hydroxylation is 1. The van der Waals surface area contributed by atoms with E-state index in [2.05, 4.69) is 24.8 Å². The van der Waals surface area contributed by atoms with E-state index >= 15 is 0 Å². The van der Waals surface area contributed by atoms with Crippen molar-refractivity contribution >= 4 is 0 Å². The van der Waals surface area contributed by atoms with Crippen molar-refractivity contribution in [3.8, 4) is 0 Å². The van der Waals surface area contributed by atoms with E-state index in [9.17, 15) is 0 Å². The van der Waals surface area contributed by atoms with E-state index in [4.69, 9.17) is 0 Å². The van der Waals surface area contributed by atoms with Crippen LogP contribution in [0.2, 0.25) is 0 Å². The van der Waals surface area contributed by atoms with Gasteiger partial charge in [-0.25, -0.2) is 15.0 Å². The number of H-pyrrole nitrogens is 1. The molecule has 0 saturated carbocycles. The monoisotopic (exact) mass is 243 g/mol. The standard InChI is InChI=1S/C13H17N5/c1-10-14-5-4-11(17-10)12-3-2-8-18(12)9-13-15-6-7-16-13/h4-7,12H,2-3,8-9H2,1H3,(H,15,16)/t12-/m1/s1. The van der Waals surface area contributed by atoms with Gasteiger partial charge in [0.2, 0.25) is 0 Å². The third-order valence-corrected chi connectivity index (χ3v) is 3.41. The van der Waals surface area contributed by atoms with Gasteiger partial charge in [-0.05, 0) is 32.4 Å². The second kappa shape index (κ2) is 4.86. The van der Waals surface area contributed by atoms with Crippen LogP contribution in [0.1, 0.15) is 36.2 Å². The number of hydrogen-bond acceptors (Lipinski definition) is 4. The summed E-state index contributed by atoms with van der Waals surface area (Å²) >= 11 is 0.